The SMILES string of the molecule is CC(=O)O.Nc1ncc(/C=C/c2ccc([N+](=O)[O-])o2)nn1. The van der Waals surface area contributed by atoms with Gasteiger partial charge in [-0.2, -0.15) is 0 Å². The summed E-state index contributed by atoms with van der Waals surface area (Å²) in [6, 6.07) is 2.75. The third-order valence-corrected chi connectivity index (χ3v) is 1.81. The molecule has 0 aliphatic rings. The number of carbonyl (C=O) groups is 1. The molecule has 0 aliphatic heterocycles. The van der Waals surface area contributed by atoms with Gasteiger partial charge < -0.3 is 15.3 Å². The molecule has 2 heterocycles. The number of carboxylic acid groups (broad SMARTS) is 1. The highest BCUT2D eigenvalue weighted by Gasteiger charge is 2.09. The molecular formula is C11H11N5O5. The van der Waals surface area contributed by atoms with Gasteiger partial charge in [0.1, 0.15) is 16.4 Å². The molecular weight excluding hydrogens is 282 g/mol. The summed E-state index contributed by atoms with van der Waals surface area (Å²) < 4.78 is 4.91. The summed E-state index contributed by atoms with van der Waals surface area (Å²) >= 11 is 0. The van der Waals surface area contributed by atoms with Crippen LogP contribution in [0.5, 0.6) is 0 Å². The van der Waals surface area contributed by atoms with E-state index in [-0.39, 0.29) is 11.8 Å². The first-order chi connectivity index (χ1) is 9.88. The molecule has 0 aromatic carbocycles. The predicted molar refractivity (Wildman–Crippen MR) is 71.8 cm³/mol. The topological polar surface area (TPSA) is 158 Å². The van der Waals surface area contributed by atoms with Crippen molar-refractivity contribution in [3.05, 3.63) is 39.9 Å². The molecule has 21 heavy (non-hydrogen) atoms. The van der Waals surface area contributed by atoms with Crippen molar-refractivity contribution in [2.75, 3.05) is 5.73 Å². The van der Waals surface area contributed by atoms with E-state index in [0.29, 0.717) is 11.5 Å². The average molecular weight is 293 g/mol. The Labute approximate surface area is 118 Å². The zero-order chi connectivity index (χ0) is 15.8. The number of nitrogens with zero attached hydrogens (tertiary/aromatic N) is 4. The van der Waals surface area contributed by atoms with Gasteiger partial charge in [-0.15, -0.1) is 10.2 Å². The van der Waals surface area contributed by atoms with E-state index in [1.165, 1.54) is 24.4 Å². The molecule has 2 rings (SSSR count). The molecule has 0 spiro atoms. The fraction of sp³-hybridized carbons (Fsp3) is 0.0909. The molecule has 0 atom stereocenters. The first kappa shape index (κ1) is 15.8. The molecule has 0 bridgehead atoms. The number of rotatable bonds is 3. The Morgan fingerprint density at radius 3 is 2.57 bits per heavy atom. The largest absolute Gasteiger partial charge is 0.481 e. The van der Waals surface area contributed by atoms with Crippen molar-refractivity contribution >= 4 is 30.0 Å². The highest BCUT2D eigenvalue weighted by atomic mass is 16.6. The molecule has 10 nitrogen and oxygen atoms in total. The van der Waals surface area contributed by atoms with E-state index in [4.69, 9.17) is 20.1 Å². The number of hydrogen-bond acceptors (Lipinski definition) is 8. The quantitative estimate of drug-likeness (QED) is 0.626. The van der Waals surface area contributed by atoms with Crippen molar-refractivity contribution in [1.82, 2.24) is 15.2 Å². The van der Waals surface area contributed by atoms with Gasteiger partial charge in [-0.05, 0) is 18.2 Å². The van der Waals surface area contributed by atoms with Crippen LogP contribution in [-0.2, 0) is 4.79 Å². The Morgan fingerprint density at radius 1 is 1.43 bits per heavy atom. The first-order valence-electron chi connectivity index (χ1n) is 5.45. The van der Waals surface area contributed by atoms with Crippen LogP contribution in [0.4, 0.5) is 11.8 Å². The molecule has 2 aromatic heterocycles. The summed E-state index contributed by atoms with van der Waals surface area (Å²) in [7, 11) is 0. The van der Waals surface area contributed by atoms with Crippen LogP contribution < -0.4 is 5.73 Å². The van der Waals surface area contributed by atoms with Crippen LogP contribution in [0.3, 0.4) is 0 Å². The lowest BCUT2D eigenvalue weighted by Crippen LogP contribution is -1.97. The Balaban J connectivity index is 0.000000491. The number of nitro groups is 1. The maximum atomic E-state index is 10.4. The Kier molecular flexibility index (Phi) is 5.50. The van der Waals surface area contributed by atoms with Crippen LogP contribution in [0.1, 0.15) is 18.4 Å². The van der Waals surface area contributed by atoms with Gasteiger partial charge in [0.2, 0.25) is 5.95 Å². The minimum absolute atomic E-state index is 0.0794. The van der Waals surface area contributed by atoms with Gasteiger partial charge in [0.25, 0.3) is 5.97 Å². The lowest BCUT2D eigenvalue weighted by molar-refractivity contribution is -0.402. The second kappa shape index (κ2) is 7.33. The fourth-order valence-electron chi connectivity index (χ4n) is 1.07. The molecule has 0 unspecified atom stereocenters. The summed E-state index contributed by atoms with van der Waals surface area (Å²) in [6.07, 6.45) is 4.51. The number of furan rings is 1. The second-order valence-corrected chi connectivity index (χ2v) is 3.53. The lowest BCUT2D eigenvalue weighted by Gasteiger charge is -1.90. The summed E-state index contributed by atoms with van der Waals surface area (Å²) in [6.45, 7) is 1.08. The molecule has 110 valence electrons. The zero-order valence-corrected chi connectivity index (χ0v) is 10.8. The number of carboxylic acids is 1. The highest BCUT2D eigenvalue weighted by Crippen LogP contribution is 2.17. The van der Waals surface area contributed by atoms with Crippen molar-refractivity contribution in [2.45, 2.75) is 6.92 Å². The fourth-order valence-corrected chi connectivity index (χ4v) is 1.07. The minimum Gasteiger partial charge on any atom is -0.481 e. The van der Waals surface area contributed by atoms with Gasteiger partial charge in [0.05, 0.1) is 12.3 Å². The normalized spacial score (nSPS) is 9.95. The number of aromatic nitrogens is 3. The molecule has 10 heteroatoms. The van der Waals surface area contributed by atoms with E-state index in [9.17, 15) is 10.1 Å². The predicted octanol–water partition coefficient (Wildman–Crippen LogP) is 1.22. The van der Waals surface area contributed by atoms with Crippen molar-refractivity contribution < 1.29 is 19.2 Å². The Bertz CT molecular complexity index is 645. The third-order valence-electron chi connectivity index (χ3n) is 1.81. The lowest BCUT2D eigenvalue weighted by atomic mass is 10.3. The Hall–Kier alpha value is -3.30. The van der Waals surface area contributed by atoms with E-state index >= 15 is 0 Å². The minimum atomic E-state index is -0.833. The van der Waals surface area contributed by atoms with Crippen LogP contribution >= 0.6 is 0 Å². The summed E-state index contributed by atoms with van der Waals surface area (Å²) in [5.74, 6) is -0.725. The maximum absolute atomic E-state index is 10.4. The standard InChI is InChI=1S/C9H7N5O3.C2H4O2/c10-9-11-5-6(12-13-9)1-2-7-3-4-8(17-7)14(15)16;1-2(3)4/h1-5H,(H2,10,11,13);1H3,(H,3,4)/b2-1+;. The van der Waals surface area contributed by atoms with Crippen molar-refractivity contribution in [1.29, 1.82) is 0 Å². The number of nitrogens with two attached hydrogens (primary N) is 1. The molecule has 3 N–H and O–H groups in total. The van der Waals surface area contributed by atoms with E-state index in [0.717, 1.165) is 6.92 Å². The van der Waals surface area contributed by atoms with E-state index in [1.807, 2.05) is 0 Å². The molecule has 0 aliphatic carbocycles. The van der Waals surface area contributed by atoms with Gasteiger partial charge >= 0.3 is 5.88 Å². The van der Waals surface area contributed by atoms with Crippen molar-refractivity contribution in [2.24, 2.45) is 0 Å². The van der Waals surface area contributed by atoms with Crippen LogP contribution in [0.25, 0.3) is 12.2 Å². The van der Waals surface area contributed by atoms with Gasteiger partial charge in [0, 0.05) is 6.92 Å². The summed E-state index contributed by atoms with van der Waals surface area (Å²) in [5, 5.41) is 25.1. The summed E-state index contributed by atoms with van der Waals surface area (Å²) in [4.78, 5) is 22.5. The smallest absolute Gasteiger partial charge is 0.433 e. The summed E-state index contributed by atoms with van der Waals surface area (Å²) in [5.41, 5.74) is 5.74. The molecule has 0 saturated heterocycles. The van der Waals surface area contributed by atoms with E-state index < -0.39 is 10.9 Å². The molecule has 2 aromatic rings. The number of anilines is 1. The van der Waals surface area contributed by atoms with E-state index in [1.54, 1.807) is 6.08 Å². The number of nitrogen functional groups attached to an aromatic ring is 1. The number of aliphatic carboxylic acids is 1. The van der Waals surface area contributed by atoms with Gasteiger partial charge in [0.15, 0.2) is 0 Å². The number of hydrogen-bond donors (Lipinski definition) is 2. The Morgan fingerprint density at radius 2 is 2.10 bits per heavy atom. The van der Waals surface area contributed by atoms with Gasteiger partial charge in [-0.3, -0.25) is 14.9 Å². The average Bonchev–Trinajstić information content (AvgIpc) is 2.86. The monoisotopic (exact) mass is 293 g/mol. The van der Waals surface area contributed by atoms with Crippen molar-refractivity contribution in [3.8, 4) is 0 Å². The van der Waals surface area contributed by atoms with Crippen LogP contribution in [0, 0.1) is 10.1 Å². The maximum Gasteiger partial charge on any atom is 0.433 e. The third kappa shape index (κ3) is 5.92. The molecule has 0 fully saturated rings. The van der Waals surface area contributed by atoms with Gasteiger partial charge in [-0.25, -0.2) is 4.98 Å². The molecule has 0 radical (unpaired) electrons. The van der Waals surface area contributed by atoms with E-state index in [2.05, 4.69) is 15.2 Å². The highest BCUT2D eigenvalue weighted by molar-refractivity contribution is 5.65. The van der Waals surface area contributed by atoms with Crippen LogP contribution in [-0.4, -0.2) is 31.2 Å². The first-order valence-corrected chi connectivity index (χ1v) is 5.45. The van der Waals surface area contributed by atoms with Crippen molar-refractivity contribution in [3.63, 3.8) is 0 Å². The second-order valence-electron chi connectivity index (χ2n) is 3.53. The molecule has 0 amide bonds. The van der Waals surface area contributed by atoms with Gasteiger partial charge in [-0.1, -0.05) is 0 Å². The zero-order valence-electron chi connectivity index (χ0n) is 10.8. The van der Waals surface area contributed by atoms with Crippen LogP contribution in [0.2, 0.25) is 0 Å². The van der Waals surface area contributed by atoms with Crippen LogP contribution in [0.15, 0.2) is 22.7 Å². The molecule has 0 saturated carbocycles.